The quantitative estimate of drug-likeness (QED) is 0.723. The number of aromatic nitrogens is 2. The van der Waals surface area contributed by atoms with E-state index in [0.717, 1.165) is 34.2 Å². The maximum absolute atomic E-state index is 12.5. The highest BCUT2D eigenvalue weighted by molar-refractivity contribution is 5.96. The minimum Gasteiger partial charge on any atom is -0.497 e. The maximum Gasteiger partial charge on any atom is 0.249 e. The Morgan fingerprint density at radius 1 is 1.08 bits per heavy atom. The summed E-state index contributed by atoms with van der Waals surface area (Å²) in [4.78, 5) is 19.1. The van der Waals surface area contributed by atoms with Gasteiger partial charge in [0.05, 0.1) is 19.3 Å². The van der Waals surface area contributed by atoms with Gasteiger partial charge in [-0.05, 0) is 37.1 Å². The van der Waals surface area contributed by atoms with E-state index in [0.29, 0.717) is 13.1 Å². The number of aryl methyl sites for hydroxylation is 1. The lowest BCUT2D eigenvalue weighted by Crippen LogP contribution is -2.26. The van der Waals surface area contributed by atoms with Gasteiger partial charge in [0.1, 0.15) is 12.3 Å². The summed E-state index contributed by atoms with van der Waals surface area (Å²) in [7, 11) is 1.64. The number of rotatable bonds is 4. The van der Waals surface area contributed by atoms with Crippen LogP contribution in [0, 0.1) is 13.8 Å². The summed E-state index contributed by atoms with van der Waals surface area (Å²) in [6.45, 7) is 4.96. The second kappa shape index (κ2) is 6.33. The van der Waals surface area contributed by atoms with E-state index in [1.807, 2.05) is 47.9 Å². The van der Waals surface area contributed by atoms with Crippen molar-refractivity contribution < 1.29 is 9.53 Å². The van der Waals surface area contributed by atoms with Gasteiger partial charge in [0.2, 0.25) is 11.9 Å². The summed E-state index contributed by atoms with van der Waals surface area (Å²) >= 11 is 0. The number of nitrogens with zero attached hydrogens (tertiary/aromatic N) is 3. The van der Waals surface area contributed by atoms with Crippen LogP contribution >= 0.6 is 0 Å². The van der Waals surface area contributed by atoms with Crippen LogP contribution in [0.1, 0.15) is 16.8 Å². The molecule has 0 aliphatic carbocycles. The van der Waals surface area contributed by atoms with E-state index >= 15 is 0 Å². The van der Waals surface area contributed by atoms with Crippen LogP contribution in [0.2, 0.25) is 0 Å². The van der Waals surface area contributed by atoms with Crippen LogP contribution in [0.3, 0.4) is 0 Å². The Morgan fingerprint density at radius 2 is 1.81 bits per heavy atom. The number of carbonyl (C=O) groups is 1. The van der Waals surface area contributed by atoms with Gasteiger partial charge in [0, 0.05) is 11.3 Å². The third-order valence-electron chi connectivity index (χ3n) is 4.94. The Morgan fingerprint density at radius 3 is 2.50 bits per heavy atom. The molecule has 0 fully saturated rings. The van der Waals surface area contributed by atoms with E-state index in [9.17, 15) is 4.79 Å². The first-order chi connectivity index (χ1) is 12.6. The highest BCUT2D eigenvalue weighted by atomic mass is 16.5. The second-order valence-corrected chi connectivity index (χ2v) is 6.57. The molecule has 1 aliphatic heterocycles. The molecule has 0 atom stereocenters. The number of methoxy groups -OCH3 is 1. The van der Waals surface area contributed by atoms with E-state index in [1.165, 1.54) is 5.56 Å². The standard InChI is InChI=1S/C21H21N3O2/c1-14-6-4-5-7-18(14)20-15(2)23-13-19(25)24(21(23)22-20)12-16-8-10-17(26-3)11-9-16/h4-11H,12-13H2,1-3H3. The van der Waals surface area contributed by atoms with Crippen molar-refractivity contribution in [3.05, 3.63) is 65.4 Å². The summed E-state index contributed by atoms with van der Waals surface area (Å²) in [5.74, 6) is 1.60. The average molecular weight is 347 g/mol. The Labute approximate surface area is 152 Å². The topological polar surface area (TPSA) is 47.4 Å². The van der Waals surface area contributed by atoms with Gasteiger partial charge in [-0.3, -0.25) is 9.69 Å². The Balaban J connectivity index is 1.69. The molecule has 0 radical (unpaired) electrons. The molecule has 0 saturated heterocycles. The van der Waals surface area contributed by atoms with Crippen molar-refractivity contribution in [2.45, 2.75) is 26.9 Å². The van der Waals surface area contributed by atoms with E-state index in [1.54, 1.807) is 12.0 Å². The molecule has 4 rings (SSSR count). The Kier molecular flexibility index (Phi) is 3.99. The lowest BCUT2D eigenvalue weighted by molar-refractivity contribution is -0.118. The lowest BCUT2D eigenvalue weighted by Gasteiger charge is -2.14. The number of fused-ring (bicyclic) bond motifs is 1. The Hall–Kier alpha value is -3.08. The molecule has 0 spiro atoms. The van der Waals surface area contributed by atoms with E-state index in [-0.39, 0.29) is 5.91 Å². The zero-order chi connectivity index (χ0) is 18.3. The first-order valence-corrected chi connectivity index (χ1v) is 8.65. The van der Waals surface area contributed by atoms with Crippen molar-refractivity contribution in [3.63, 3.8) is 0 Å². The van der Waals surface area contributed by atoms with Crippen LogP contribution < -0.4 is 9.64 Å². The minimum atomic E-state index is 0.0720. The van der Waals surface area contributed by atoms with Crippen LogP contribution in [-0.4, -0.2) is 22.6 Å². The van der Waals surface area contributed by atoms with Crippen molar-refractivity contribution in [2.24, 2.45) is 0 Å². The summed E-state index contributed by atoms with van der Waals surface area (Å²) < 4.78 is 7.21. The maximum atomic E-state index is 12.5. The van der Waals surface area contributed by atoms with E-state index in [4.69, 9.17) is 9.72 Å². The third-order valence-corrected chi connectivity index (χ3v) is 4.94. The predicted molar refractivity (Wildman–Crippen MR) is 101 cm³/mol. The number of benzene rings is 2. The van der Waals surface area contributed by atoms with Gasteiger partial charge in [-0.25, -0.2) is 4.98 Å². The summed E-state index contributed by atoms with van der Waals surface area (Å²) in [5, 5.41) is 0. The SMILES string of the molecule is COc1ccc(CN2C(=O)Cn3c2nc(-c2ccccc2C)c3C)cc1. The largest absolute Gasteiger partial charge is 0.497 e. The van der Waals surface area contributed by atoms with Crippen LogP contribution in [0.25, 0.3) is 11.3 Å². The second-order valence-electron chi connectivity index (χ2n) is 6.57. The third kappa shape index (κ3) is 2.65. The molecule has 2 aromatic carbocycles. The number of anilines is 1. The van der Waals surface area contributed by atoms with Gasteiger partial charge in [-0.2, -0.15) is 0 Å². The summed E-state index contributed by atoms with van der Waals surface area (Å²) in [5.41, 5.74) is 5.32. The number of carbonyl (C=O) groups excluding carboxylic acids is 1. The molecule has 1 amide bonds. The van der Waals surface area contributed by atoms with Crippen LogP contribution in [0.15, 0.2) is 48.5 Å². The van der Waals surface area contributed by atoms with Gasteiger partial charge in [-0.15, -0.1) is 0 Å². The van der Waals surface area contributed by atoms with Crippen LogP contribution in [0.5, 0.6) is 5.75 Å². The highest BCUT2D eigenvalue weighted by Gasteiger charge is 2.32. The monoisotopic (exact) mass is 347 g/mol. The molecule has 0 unspecified atom stereocenters. The summed E-state index contributed by atoms with van der Waals surface area (Å²) in [6, 6.07) is 16.0. The molecule has 0 N–H and O–H groups in total. The van der Waals surface area contributed by atoms with Crippen molar-refractivity contribution >= 4 is 11.9 Å². The zero-order valence-corrected chi connectivity index (χ0v) is 15.2. The zero-order valence-electron chi connectivity index (χ0n) is 15.2. The fraction of sp³-hybridized carbons (Fsp3) is 0.238. The molecule has 1 aliphatic rings. The molecule has 26 heavy (non-hydrogen) atoms. The number of amides is 1. The predicted octanol–water partition coefficient (Wildman–Crippen LogP) is 3.72. The first kappa shape index (κ1) is 16.4. The van der Waals surface area contributed by atoms with Crippen molar-refractivity contribution in [3.8, 4) is 17.0 Å². The van der Waals surface area contributed by atoms with Crippen molar-refractivity contribution in [2.75, 3.05) is 12.0 Å². The van der Waals surface area contributed by atoms with E-state index in [2.05, 4.69) is 19.1 Å². The molecule has 0 saturated carbocycles. The fourth-order valence-electron chi connectivity index (χ4n) is 3.41. The number of ether oxygens (including phenoxy) is 1. The van der Waals surface area contributed by atoms with Gasteiger partial charge in [-0.1, -0.05) is 36.4 Å². The summed E-state index contributed by atoms with van der Waals surface area (Å²) in [6.07, 6.45) is 0. The van der Waals surface area contributed by atoms with Crippen molar-refractivity contribution in [1.29, 1.82) is 0 Å². The van der Waals surface area contributed by atoms with Crippen molar-refractivity contribution in [1.82, 2.24) is 9.55 Å². The molecule has 132 valence electrons. The normalized spacial score (nSPS) is 13.2. The number of hydrogen-bond donors (Lipinski definition) is 0. The Bertz CT molecular complexity index is 973. The lowest BCUT2D eigenvalue weighted by atomic mass is 10.0. The number of hydrogen-bond acceptors (Lipinski definition) is 3. The molecule has 5 heteroatoms. The average Bonchev–Trinajstić information content (AvgIpc) is 3.13. The van der Waals surface area contributed by atoms with Crippen LogP contribution in [-0.2, 0) is 17.9 Å². The minimum absolute atomic E-state index is 0.0720. The molecule has 5 nitrogen and oxygen atoms in total. The van der Waals surface area contributed by atoms with Gasteiger partial charge >= 0.3 is 0 Å². The van der Waals surface area contributed by atoms with Gasteiger partial charge in [0.15, 0.2) is 0 Å². The highest BCUT2D eigenvalue weighted by Crippen LogP contribution is 2.33. The number of imidazole rings is 1. The molecular formula is C21H21N3O2. The van der Waals surface area contributed by atoms with Crippen LogP contribution in [0.4, 0.5) is 5.95 Å². The van der Waals surface area contributed by atoms with E-state index < -0.39 is 0 Å². The molecule has 0 bridgehead atoms. The molecule has 2 heterocycles. The molecular weight excluding hydrogens is 326 g/mol. The van der Waals surface area contributed by atoms with Gasteiger partial charge in [0.25, 0.3) is 0 Å². The van der Waals surface area contributed by atoms with Gasteiger partial charge < -0.3 is 9.30 Å². The smallest absolute Gasteiger partial charge is 0.249 e. The molecule has 1 aromatic heterocycles. The first-order valence-electron chi connectivity index (χ1n) is 8.65. The fourth-order valence-corrected chi connectivity index (χ4v) is 3.41. The molecule has 3 aromatic rings.